The third-order valence-corrected chi connectivity index (χ3v) is 1.89. The standard InChI is InChI=1S/C9H10FNO/c10-8-3-1-7(2-4-8)9-11-5-6-12-9/h1-4,9,11H,5-6H2. The maximum Gasteiger partial charge on any atom is 0.134 e. The Morgan fingerprint density at radius 1 is 1.33 bits per heavy atom. The molecule has 0 aromatic heterocycles. The minimum absolute atomic E-state index is 0.0504. The Balaban J connectivity index is 2.17. The van der Waals surface area contributed by atoms with E-state index in [0.717, 1.165) is 18.7 Å². The van der Waals surface area contributed by atoms with Gasteiger partial charge in [0, 0.05) is 6.54 Å². The molecule has 1 aliphatic heterocycles. The Bertz CT molecular complexity index is 254. The van der Waals surface area contributed by atoms with E-state index in [9.17, 15) is 4.39 Å². The van der Waals surface area contributed by atoms with Gasteiger partial charge >= 0.3 is 0 Å². The average molecular weight is 167 g/mol. The zero-order valence-corrected chi connectivity index (χ0v) is 6.59. The summed E-state index contributed by atoms with van der Waals surface area (Å²) in [6.07, 6.45) is -0.0504. The lowest BCUT2D eigenvalue weighted by Gasteiger charge is -2.09. The third kappa shape index (κ3) is 1.47. The fraction of sp³-hybridized carbons (Fsp3) is 0.333. The van der Waals surface area contributed by atoms with Gasteiger partial charge in [0.25, 0.3) is 0 Å². The van der Waals surface area contributed by atoms with Crippen LogP contribution in [-0.4, -0.2) is 13.2 Å². The van der Waals surface area contributed by atoms with Gasteiger partial charge in [0.1, 0.15) is 12.0 Å². The molecule has 2 rings (SSSR count). The summed E-state index contributed by atoms with van der Waals surface area (Å²) in [5, 5.41) is 3.15. The van der Waals surface area contributed by atoms with Crippen LogP contribution in [0.15, 0.2) is 24.3 Å². The van der Waals surface area contributed by atoms with E-state index >= 15 is 0 Å². The molecule has 64 valence electrons. The number of rotatable bonds is 1. The van der Waals surface area contributed by atoms with Crippen molar-refractivity contribution in [1.82, 2.24) is 5.32 Å². The zero-order chi connectivity index (χ0) is 8.39. The van der Waals surface area contributed by atoms with Crippen LogP contribution in [0.25, 0.3) is 0 Å². The van der Waals surface area contributed by atoms with Gasteiger partial charge in [-0.1, -0.05) is 12.1 Å². The van der Waals surface area contributed by atoms with Crippen molar-refractivity contribution in [2.45, 2.75) is 6.23 Å². The molecule has 1 atom stereocenters. The van der Waals surface area contributed by atoms with Crippen molar-refractivity contribution in [3.8, 4) is 0 Å². The van der Waals surface area contributed by atoms with Gasteiger partial charge in [0.2, 0.25) is 0 Å². The van der Waals surface area contributed by atoms with Crippen LogP contribution in [0.5, 0.6) is 0 Å². The molecule has 3 heteroatoms. The van der Waals surface area contributed by atoms with Gasteiger partial charge < -0.3 is 4.74 Å². The van der Waals surface area contributed by atoms with Crippen molar-refractivity contribution in [1.29, 1.82) is 0 Å². The Morgan fingerprint density at radius 3 is 2.67 bits per heavy atom. The summed E-state index contributed by atoms with van der Waals surface area (Å²) in [6.45, 7) is 1.59. The first-order valence-corrected chi connectivity index (χ1v) is 3.97. The average Bonchev–Trinajstić information content (AvgIpc) is 2.58. The molecule has 12 heavy (non-hydrogen) atoms. The van der Waals surface area contributed by atoms with E-state index in [4.69, 9.17) is 4.74 Å². The van der Waals surface area contributed by atoms with E-state index < -0.39 is 0 Å². The maximum absolute atomic E-state index is 12.5. The summed E-state index contributed by atoms with van der Waals surface area (Å²) in [7, 11) is 0. The number of nitrogens with one attached hydrogen (secondary N) is 1. The highest BCUT2D eigenvalue weighted by atomic mass is 19.1. The van der Waals surface area contributed by atoms with E-state index in [0.29, 0.717) is 0 Å². The minimum Gasteiger partial charge on any atom is -0.358 e. The largest absolute Gasteiger partial charge is 0.358 e. The number of ether oxygens (including phenoxy) is 1. The second-order valence-electron chi connectivity index (χ2n) is 2.76. The second kappa shape index (κ2) is 3.21. The van der Waals surface area contributed by atoms with Crippen molar-refractivity contribution in [2.24, 2.45) is 0 Å². The number of hydrogen-bond donors (Lipinski definition) is 1. The monoisotopic (exact) mass is 167 g/mol. The van der Waals surface area contributed by atoms with E-state index in [-0.39, 0.29) is 12.0 Å². The molecule has 1 aliphatic rings. The number of hydrogen-bond acceptors (Lipinski definition) is 2. The summed E-state index contributed by atoms with van der Waals surface area (Å²) in [5.41, 5.74) is 0.980. The first-order valence-electron chi connectivity index (χ1n) is 3.97. The first-order chi connectivity index (χ1) is 5.86. The molecule has 1 aromatic carbocycles. The maximum atomic E-state index is 12.5. The highest BCUT2D eigenvalue weighted by molar-refractivity contribution is 5.18. The molecule has 2 nitrogen and oxygen atoms in total. The molecule has 1 fully saturated rings. The third-order valence-electron chi connectivity index (χ3n) is 1.89. The van der Waals surface area contributed by atoms with E-state index in [1.165, 1.54) is 12.1 Å². The quantitative estimate of drug-likeness (QED) is 0.683. The summed E-state index contributed by atoms with van der Waals surface area (Å²) < 4.78 is 17.9. The van der Waals surface area contributed by atoms with Crippen molar-refractivity contribution in [2.75, 3.05) is 13.2 Å². The molecule has 1 aromatic rings. The predicted molar refractivity (Wildman–Crippen MR) is 43.1 cm³/mol. The van der Waals surface area contributed by atoms with Gasteiger partial charge in [-0.05, 0) is 17.7 Å². The van der Waals surface area contributed by atoms with Gasteiger partial charge in [-0.3, -0.25) is 5.32 Å². The van der Waals surface area contributed by atoms with E-state index in [2.05, 4.69) is 5.32 Å². The molecule has 0 amide bonds. The Morgan fingerprint density at radius 2 is 2.08 bits per heavy atom. The molecule has 0 saturated carbocycles. The summed E-state index contributed by atoms with van der Waals surface area (Å²) in [4.78, 5) is 0. The lowest BCUT2D eigenvalue weighted by Crippen LogP contribution is -2.13. The summed E-state index contributed by atoms with van der Waals surface area (Å²) in [5.74, 6) is -0.211. The van der Waals surface area contributed by atoms with E-state index in [1.54, 1.807) is 12.1 Å². The van der Waals surface area contributed by atoms with Crippen LogP contribution >= 0.6 is 0 Å². The van der Waals surface area contributed by atoms with Crippen LogP contribution in [-0.2, 0) is 4.74 Å². The lowest BCUT2D eigenvalue weighted by molar-refractivity contribution is 0.102. The zero-order valence-electron chi connectivity index (χ0n) is 6.59. The molecule has 0 radical (unpaired) electrons. The molecule has 1 N–H and O–H groups in total. The van der Waals surface area contributed by atoms with Crippen molar-refractivity contribution < 1.29 is 9.13 Å². The van der Waals surface area contributed by atoms with Crippen LogP contribution in [0.2, 0.25) is 0 Å². The minimum atomic E-state index is -0.211. The summed E-state index contributed by atoms with van der Waals surface area (Å²) >= 11 is 0. The SMILES string of the molecule is Fc1ccc(C2NCCO2)cc1. The highest BCUT2D eigenvalue weighted by Gasteiger charge is 2.15. The van der Waals surface area contributed by atoms with Crippen LogP contribution in [0, 0.1) is 5.82 Å². The second-order valence-corrected chi connectivity index (χ2v) is 2.76. The van der Waals surface area contributed by atoms with E-state index in [1.807, 2.05) is 0 Å². The van der Waals surface area contributed by atoms with Gasteiger partial charge in [-0.25, -0.2) is 4.39 Å². The molecular formula is C9H10FNO. The Hall–Kier alpha value is -0.930. The molecule has 1 unspecified atom stereocenters. The van der Waals surface area contributed by atoms with Crippen LogP contribution in [0.4, 0.5) is 4.39 Å². The van der Waals surface area contributed by atoms with Crippen LogP contribution in [0.1, 0.15) is 11.8 Å². The molecule has 0 spiro atoms. The molecule has 1 saturated heterocycles. The first kappa shape index (κ1) is 7.71. The topological polar surface area (TPSA) is 21.3 Å². The Labute approximate surface area is 70.3 Å². The fourth-order valence-corrected chi connectivity index (χ4v) is 1.28. The van der Waals surface area contributed by atoms with Gasteiger partial charge in [-0.2, -0.15) is 0 Å². The lowest BCUT2D eigenvalue weighted by atomic mass is 10.2. The summed E-state index contributed by atoms with van der Waals surface area (Å²) in [6, 6.07) is 6.36. The molecule has 0 aliphatic carbocycles. The highest BCUT2D eigenvalue weighted by Crippen LogP contribution is 2.17. The van der Waals surface area contributed by atoms with Crippen LogP contribution < -0.4 is 5.32 Å². The van der Waals surface area contributed by atoms with Crippen molar-refractivity contribution in [3.05, 3.63) is 35.6 Å². The Kier molecular flexibility index (Phi) is 2.06. The molecule has 0 bridgehead atoms. The van der Waals surface area contributed by atoms with Gasteiger partial charge in [-0.15, -0.1) is 0 Å². The van der Waals surface area contributed by atoms with Crippen molar-refractivity contribution in [3.63, 3.8) is 0 Å². The number of benzene rings is 1. The smallest absolute Gasteiger partial charge is 0.134 e. The van der Waals surface area contributed by atoms with Gasteiger partial charge in [0.15, 0.2) is 0 Å². The molecular weight excluding hydrogens is 157 g/mol. The fourth-order valence-electron chi connectivity index (χ4n) is 1.28. The normalized spacial score (nSPS) is 22.9. The van der Waals surface area contributed by atoms with Gasteiger partial charge in [0.05, 0.1) is 6.61 Å². The molecule has 1 heterocycles. The van der Waals surface area contributed by atoms with Crippen LogP contribution in [0.3, 0.4) is 0 Å². The number of halogens is 1. The van der Waals surface area contributed by atoms with Crippen molar-refractivity contribution >= 4 is 0 Å². The predicted octanol–water partition coefficient (Wildman–Crippen LogP) is 1.44.